The van der Waals surface area contributed by atoms with Crippen molar-refractivity contribution in [1.29, 1.82) is 0 Å². The van der Waals surface area contributed by atoms with Crippen LogP contribution in [-0.2, 0) is 14.8 Å². The molecule has 1 fully saturated rings. The van der Waals surface area contributed by atoms with E-state index in [9.17, 15) is 0 Å². The third-order valence-electron chi connectivity index (χ3n) is 3.95. The van der Waals surface area contributed by atoms with Crippen LogP contribution in [0.4, 0.5) is 0 Å². The zero-order valence-corrected chi connectivity index (χ0v) is 14.6. The van der Waals surface area contributed by atoms with E-state index in [4.69, 9.17) is 25.5 Å². The molecule has 3 nitrogen and oxygen atoms in total. The van der Waals surface area contributed by atoms with Crippen LogP contribution < -0.4 is 0 Å². The summed E-state index contributed by atoms with van der Waals surface area (Å²) in [6.07, 6.45) is -0.407. The van der Waals surface area contributed by atoms with Crippen LogP contribution in [0.2, 0.25) is 5.02 Å². The van der Waals surface area contributed by atoms with Gasteiger partial charge in [-0.3, -0.25) is 0 Å². The number of fused-ring (bicyclic) bond motifs is 1. The minimum absolute atomic E-state index is 0.407. The van der Waals surface area contributed by atoms with Gasteiger partial charge in [0.05, 0.1) is 18.2 Å². The summed E-state index contributed by atoms with van der Waals surface area (Å²) in [6, 6.07) is 13.9. The van der Waals surface area contributed by atoms with Crippen LogP contribution in [0.15, 0.2) is 46.9 Å². The first-order valence-electron chi connectivity index (χ1n) is 7.37. The van der Waals surface area contributed by atoms with E-state index >= 15 is 0 Å². The van der Waals surface area contributed by atoms with Crippen LogP contribution in [0.3, 0.4) is 0 Å². The van der Waals surface area contributed by atoms with Gasteiger partial charge in [-0.1, -0.05) is 57.9 Å². The van der Waals surface area contributed by atoms with Gasteiger partial charge in [0.25, 0.3) is 0 Å². The third-order valence-corrected chi connectivity index (χ3v) is 4.96. The van der Waals surface area contributed by atoms with E-state index in [0.29, 0.717) is 23.6 Å². The molecule has 118 valence electrons. The van der Waals surface area contributed by atoms with Crippen molar-refractivity contribution < 1.29 is 13.9 Å². The van der Waals surface area contributed by atoms with Gasteiger partial charge in [-0.15, -0.1) is 0 Å². The van der Waals surface area contributed by atoms with E-state index in [2.05, 4.69) is 15.9 Å². The van der Waals surface area contributed by atoms with Crippen LogP contribution in [0.25, 0.3) is 22.3 Å². The summed E-state index contributed by atoms with van der Waals surface area (Å²) < 4.78 is 17.2. The van der Waals surface area contributed by atoms with Crippen molar-refractivity contribution in [3.63, 3.8) is 0 Å². The maximum atomic E-state index is 6.69. The Kier molecular flexibility index (Phi) is 4.16. The summed E-state index contributed by atoms with van der Waals surface area (Å²) in [4.78, 5) is 0. The predicted molar refractivity (Wildman–Crippen MR) is 93.9 cm³/mol. The Morgan fingerprint density at radius 2 is 1.87 bits per heavy atom. The third kappa shape index (κ3) is 2.70. The number of alkyl halides is 1. The second-order valence-corrected chi connectivity index (χ2v) is 6.30. The van der Waals surface area contributed by atoms with E-state index in [1.165, 1.54) is 0 Å². The molecule has 4 rings (SSSR count). The van der Waals surface area contributed by atoms with E-state index in [1.54, 1.807) is 0 Å². The second kappa shape index (κ2) is 6.29. The monoisotopic (exact) mass is 392 g/mol. The van der Waals surface area contributed by atoms with Gasteiger partial charge >= 0.3 is 0 Å². The summed E-state index contributed by atoms with van der Waals surface area (Å²) in [6.45, 7) is 1.17. The molecule has 0 radical (unpaired) electrons. The number of halogens is 2. The summed E-state index contributed by atoms with van der Waals surface area (Å²) in [5, 5.41) is 2.36. The molecule has 0 saturated carbocycles. The molecular weight excluding hydrogens is 380 g/mol. The molecule has 1 aliphatic heterocycles. The molecule has 3 aromatic rings. The highest BCUT2D eigenvalue weighted by Crippen LogP contribution is 2.41. The van der Waals surface area contributed by atoms with Gasteiger partial charge in [-0.2, -0.15) is 0 Å². The molecule has 23 heavy (non-hydrogen) atoms. The van der Waals surface area contributed by atoms with Gasteiger partial charge in [0.1, 0.15) is 11.3 Å². The second-order valence-electron chi connectivity index (χ2n) is 5.36. The van der Waals surface area contributed by atoms with Gasteiger partial charge in [0, 0.05) is 21.8 Å². The summed E-state index contributed by atoms with van der Waals surface area (Å²) in [7, 11) is 0. The van der Waals surface area contributed by atoms with Gasteiger partial charge in [0.2, 0.25) is 0 Å². The smallest absolute Gasteiger partial charge is 0.185 e. The normalized spacial score (nSPS) is 15.6. The molecular formula is C18H14BrClO3. The highest BCUT2D eigenvalue weighted by molar-refractivity contribution is 9.08. The molecule has 0 unspecified atom stereocenters. The lowest BCUT2D eigenvalue weighted by Gasteiger charge is -2.15. The number of para-hydroxylation sites is 1. The largest absolute Gasteiger partial charge is 0.456 e. The minimum atomic E-state index is -0.407. The lowest BCUT2D eigenvalue weighted by molar-refractivity contribution is -0.0440. The average Bonchev–Trinajstić information content (AvgIpc) is 3.23. The first-order valence-corrected chi connectivity index (χ1v) is 8.87. The first kappa shape index (κ1) is 15.2. The van der Waals surface area contributed by atoms with Crippen molar-refractivity contribution in [3.8, 4) is 11.3 Å². The molecule has 0 bridgehead atoms. The summed E-state index contributed by atoms with van der Waals surface area (Å²) in [5.74, 6) is 0.755. The Bertz CT molecular complexity index is 820. The molecule has 2 heterocycles. The van der Waals surface area contributed by atoms with E-state index in [1.807, 2.05) is 42.5 Å². The van der Waals surface area contributed by atoms with Crippen LogP contribution >= 0.6 is 27.5 Å². The molecule has 0 amide bonds. The van der Waals surface area contributed by atoms with Gasteiger partial charge in [-0.25, -0.2) is 0 Å². The molecule has 0 aliphatic carbocycles. The maximum absolute atomic E-state index is 6.69. The number of rotatable bonds is 3. The van der Waals surface area contributed by atoms with Crippen LogP contribution in [-0.4, -0.2) is 13.2 Å². The number of hydrogen-bond donors (Lipinski definition) is 0. The summed E-state index contributed by atoms with van der Waals surface area (Å²) >= 11 is 10.2. The van der Waals surface area contributed by atoms with Crippen molar-refractivity contribution in [3.05, 3.63) is 58.6 Å². The first-order chi connectivity index (χ1) is 11.3. The summed E-state index contributed by atoms with van der Waals surface area (Å²) in [5.41, 5.74) is 3.63. The molecule has 0 atom stereocenters. The Balaban J connectivity index is 1.89. The molecule has 5 heteroatoms. The van der Waals surface area contributed by atoms with Crippen molar-refractivity contribution in [2.45, 2.75) is 11.6 Å². The lowest BCUT2D eigenvalue weighted by Crippen LogP contribution is -2.01. The zero-order chi connectivity index (χ0) is 15.8. The SMILES string of the molecule is Clc1c(C2OCCO2)ccc(CBr)c1-c1cc2ccccc2o1. The van der Waals surface area contributed by atoms with Gasteiger partial charge < -0.3 is 13.9 Å². The van der Waals surface area contributed by atoms with E-state index in [-0.39, 0.29) is 0 Å². The van der Waals surface area contributed by atoms with Crippen LogP contribution in [0, 0.1) is 0 Å². The van der Waals surface area contributed by atoms with Crippen molar-refractivity contribution in [2.24, 2.45) is 0 Å². The van der Waals surface area contributed by atoms with Crippen LogP contribution in [0.5, 0.6) is 0 Å². The number of benzene rings is 2. The minimum Gasteiger partial charge on any atom is -0.456 e. The van der Waals surface area contributed by atoms with E-state index in [0.717, 1.165) is 33.4 Å². The van der Waals surface area contributed by atoms with Crippen LogP contribution in [0.1, 0.15) is 17.4 Å². The Labute approximate surface area is 147 Å². The number of furan rings is 1. The Morgan fingerprint density at radius 3 is 2.61 bits per heavy atom. The number of ether oxygens (including phenoxy) is 2. The fourth-order valence-electron chi connectivity index (χ4n) is 2.84. The molecule has 0 N–H and O–H groups in total. The fraction of sp³-hybridized carbons (Fsp3) is 0.222. The van der Waals surface area contributed by atoms with Crippen molar-refractivity contribution in [1.82, 2.24) is 0 Å². The van der Waals surface area contributed by atoms with Crippen molar-refractivity contribution in [2.75, 3.05) is 13.2 Å². The Hall–Kier alpha value is -1.33. The predicted octanol–water partition coefficient (Wildman–Crippen LogP) is 5.69. The molecule has 2 aromatic carbocycles. The maximum Gasteiger partial charge on any atom is 0.185 e. The topological polar surface area (TPSA) is 31.6 Å². The highest BCUT2D eigenvalue weighted by Gasteiger charge is 2.25. The number of hydrogen-bond acceptors (Lipinski definition) is 3. The average molecular weight is 394 g/mol. The van der Waals surface area contributed by atoms with Gasteiger partial charge in [0.15, 0.2) is 6.29 Å². The molecule has 0 spiro atoms. The quantitative estimate of drug-likeness (QED) is 0.535. The van der Waals surface area contributed by atoms with Gasteiger partial charge in [-0.05, 0) is 17.7 Å². The van der Waals surface area contributed by atoms with E-state index < -0.39 is 6.29 Å². The molecule has 1 aliphatic rings. The highest BCUT2D eigenvalue weighted by atomic mass is 79.9. The molecule has 1 aromatic heterocycles. The fourth-order valence-corrected chi connectivity index (χ4v) is 3.67. The Morgan fingerprint density at radius 1 is 1.09 bits per heavy atom. The lowest BCUT2D eigenvalue weighted by atomic mass is 10.0. The standard InChI is InChI=1S/C18H14BrClO3/c19-10-12-5-6-13(18-21-7-8-22-18)17(20)16(12)15-9-11-3-1-2-4-14(11)23-15/h1-6,9,18H,7-8,10H2. The molecule has 1 saturated heterocycles. The zero-order valence-electron chi connectivity index (χ0n) is 12.2. The van der Waals surface area contributed by atoms with Crippen molar-refractivity contribution >= 4 is 38.5 Å².